The Morgan fingerprint density at radius 3 is 2.17 bits per heavy atom. The summed E-state index contributed by atoms with van der Waals surface area (Å²) in [6.07, 6.45) is 3.49. The SMILES string of the molecule is CCCC(NC(=O)C(CCC)N(C)C=O)C(C)=O. The van der Waals surface area contributed by atoms with Crippen molar-refractivity contribution in [1.29, 1.82) is 0 Å². The average Bonchev–Trinajstić information content (AvgIpc) is 2.34. The van der Waals surface area contributed by atoms with Gasteiger partial charge in [0, 0.05) is 7.05 Å². The molecule has 0 aromatic rings. The molecule has 1 N–H and O–H groups in total. The number of carbonyl (C=O) groups is 3. The lowest BCUT2D eigenvalue weighted by atomic mass is 10.1. The molecule has 2 unspecified atom stereocenters. The van der Waals surface area contributed by atoms with E-state index in [-0.39, 0.29) is 11.7 Å². The Morgan fingerprint density at radius 1 is 1.22 bits per heavy atom. The van der Waals surface area contributed by atoms with Crippen LogP contribution in [0.15, 0.2) is 0 Å². The zero-order valence-electron chi connectivity index (χ0n) is 11.7. The molecule has 0 aliphatic rings. The first-order valence-electron chi connectivity index (χ1n) is 6.45. The smallest absolute Gasteiger partial charge is 0.243 e. The Balaban J connectivity index is 4.65. The maximum Gasteiger partial charge on any atom is 0.243 e. The lowest BCUT2D eigenvalue weighted by Gasteiger charge is -2.25. The van der Waals surface area contributed by atoms with Gasteiger partial charge in [-0.15, -0.1) is 0 Å². The van der Waals surface area contributed by atoms with E-state index in [0.717, 1.165) is 12.8 Å². The molecule has 0 spiro atoms. The topological polar surface area (TPSA) is 66.5 Å². The van der Waals surface area contributed by atoms with Crippen molar-refractivity contribution in [3.05, 3.63) is 0 Å². The maximum absolute atomic E-state index is 12.1. The molecule has 0 aliphatic carbocycles. The van der Waals surface area contributed by atoms with Gasteiger partial charge in [-0.05, 0) is 19.8 Å². The van der Waals surface area contributed by atoms with Gasteiger partial charge in [-0.3, -0.25) is 14.4 Å². The molecule has 0 bridgehead atoms. The normalized spacial score (nSPS) is 13.6. The van der Waals surface area contributed by atoms with E-state index in [1.54, 1.807) is 7.05 Å². The first-order valence-corrected chi connectivity index (χ1v) is 6.45. The monoisotopic (exact) mass is 256 g/mol. The van der Waals surface area contributed by atoms with Gasteiger partial charge in [0.25, 0.3) is 0 Å². The zero-order chi connectivity index (χ0) is 14.1. The molecule has 0 saturated carbocycles. The number of nitrogens with one attached hydrogen (secondary N) is 1. The van der Waals surface area contributed by atoms with E-state index in [9.17, 15) is 14.4 Å². The van der Waals surface area contributed by atoms with Crippen LogP contribution in [-0.4, -0.2) is 42.1 Å². The number of carbonyl (C=O) groups excluding carboxylic acids is 3. The van der Waals surface area contributed by atoms with E-state index in [1.807, 2.05) is 13.8 Å². The van der Waals surface area contributed by atoms with Gasteiger partial charge in [0.1, 0.15) is 6.04 Å². The third kappa shape index (κ3) is 5.29. The fourth-order valence-corrected chi connectivity index (χ4v) is 1.80. The highest BCUT2D eigenvalue weighted by Crippen LogP contribution is 2.06. The van der Waals surface area contributed by atoms with Crippen LogP contribution in [0.5, 0.6) is 0 Å². The number of hydrogen-bond acceptors (Lipinski definition) is 3. The number of nitrogens with zero attached hydrogens (tertiary/aromatic N) is 1. The molecule has 0 radical (unpaired) electrons. The van der Waals surface area contributed by atoms with Gasteiger partial charge >= 0.3 is 0 Å². The van der Waals surface area contributed by atoms with Gasteiger partial charge in [-0.1, -0.05) is 26.7 Å². The molecule has 5 nitrogen and oxygen atoms in total. The second-order valence-electron chi connectivity index (χ2n) is 4.54. The van der Waals surface area contributed by atoms with Crippen LogP contribution in [0.25, 0.3) is 0 Å². The molecule has 0 aliphatic heterocycles. The molecule has 104 valence electrons. The summed E-state index contributed by atoms with van der Waals surface area (Å²) in [4.78, 5) is 35.5. The fraction of sp³-hybridized carbons (Fsp3) is 0.769. The van der Waals surface area contributed by atoms with Crippen molar-refractivity contribution < 1.29 is 14.4 Å². The Bertz CT molecular complexity index is 292. The molecule has 0 saturated heterocycles. The van der Waals surface area contributed by atoms with Crippen LogP contribution < -0.4 is 5.32 Å². The largest absolute Gasteiger partial charge is 0.345 e. The van der Waals surface area contributed by atoms with E-state index in [4.69, 9.17) is 0 Å². The van der Waals surface area contributed by atoms with Crippen LogP contribution in [0.1, 0.15) is 46.5 Å². The molecule has 0 aromatic heterocycles. The Morgan fingerprint density at radius 2 is 1.78 bits per heavy atom. The molecule has 2 atom stereocenters. The molecule has 2 amide bonds. The summed E-state index contributed by atoms with van der Waals surface area (Å²) in [5.74, 6) is -0.297. The van der Waals surface area contributed by atoms with E-state index in [2.05, 4.69) is 5.32 Å². The van der Waals surface area contributed by atoms with Crippen molar-refractivity contribution in [3.63, 3.8) is 0 Å². The minimum atomic E-state index is -0.494. The van der Waals surface area contributed by atoms with E-state index in [1.165, 1.54) is 11.8 Å². The minimum absolute atomic E-state index is 0.0470. The number of likely N-dealkylation sites (N-methyl/N-ethyl adjacent to an activating group) is 1. The summed E-state index contributed by atoms with van der Waals surface area (Å²) in [7, 11) is 1.58. The van der Waals surface area contributed by atoms with Crippen molar-refractivity contribution in [3.8, 4) is 0 Å². The number of amides is 2. The highest BCUT2D eigenvalue weighted by Gasteiger charge is 2.25. The molecule has 0 aromatic carbocycles. The highest BCUT2D eigenvalue weighted by molar-refractivity contribution is 5.90. The van der Waals surface area contributed by atoms with Crippen molar-refractivity contribution in [1.82, 2.24) is 10.2 Å². The molecule has 5 heteroatoms. The van der Waals surface area contributed by atoms with E-state index >= 15 is 0 Å². The number of hydrogen-bond donors (Lipinski definition) is 1. The summed E-state index contributed by atoms with van der Waals surface area (Å²) in [5, 5.41) is 2.73. The van der Waals surface area contributed by atoms with Crippen LogP contribution in [0.2, 0.25) is 0 Å². The predicted octanol–water partition coefficient (Wildman–Crippen LogP) is 1.12. The van der Waals surface area contributed by atoms with Gasteiger partial charge in [0.05, 0.1) is 6.04 Å². The summed E-state index contributed by atoms with van der Waals surface area (Å²) in [5.41, 5.74) is 0. The zero-order valence-corrected chi connectivity index (χ0v) is 11.7. The third-order valence-electron chi connectivity index (χ3n) is 2.91. The van der Waals surface area contributed by atoms with E-state index < -0.39 is 12.1 Å². The second-order valence-corrected chi connectivity index (χ2v) is 4.54. The van der Waals surface area contributed by atoms with Crippen molar-refractivity contribution in [2.45, 2.75) is 58.5 Å². The first-order chi connectivity index (χ1) is 8.47. The fourth-order valence-electron chi connectivity index (χ4n) is 1.80. The number of Topliss-reactive ketones (excluding diaryl/α,β-unsaturated/α-hetero) is 1. The number of rotatable bonds is 9. The van der Waals surface area contributed by atoms with Gasteiger partial charge < -0.3 is 10.2 Å². The molecule has 18 heavy (non-hydrogen) atoms. The van der Waals surface area contributed by atoms with Crippen LogP contribution in [0.3, 0.4) is 0 Å². The molecule has 0 rings (SSSR count). The van der Waals surface area contributed by atoms with Crippen molar-refractivity contribution in [2.24, 2.45) is 0 Å². The van der Waals surface area contributed by atoms with Crippen LogP contribution in [0, 0.1) is 0 Å². The molecule has 0 fully saturated rings. The summed E-state index contributed by atoms with van der Waals surface area (Å²) >= 11 is 0. The van der Waals surface area contributed by atoms with Gasteiger partial charge in [-0.2, -0.15) is 0 Å². The Labute approximate surface area is 109 Å². The first kappa shape index (κ1) is 16.6. The van der Waals surface area contributed by atoms with Crippen LogP contribution >= 0.6 is 0 Å². The average molecular weight is 256 g/mol. The quantitative estimate of drug-likeness (QED) is 0.629. The highest BCUT2D eigenvalue weighted by atomic mass is 16.2. The standard InChI is InChI=1S/C13H24N2O3/c1-5-7-11(10(3)17)14-13(18)12(8-6-2)15(4)9-16/h9,11-12H,5-8H2,1-4H3,(H,14,18). The van der Waals surface area contributed by atoms with Gasteiger partial charge in [0.15, 0.2) is 5.78 Å². The summed E-state index contributed by atoms with van der Waals surface area (Å²) < 4.78 is 0. The Hall–Kier alpha value is -1.39. The maximum atomic E-state index is 12.1. The lowest BCUT2D eigenvalue weighted by Crippen LogP contribution is -2.49. The van der Waals surface area contributed by atoms with Gasteiger partial charge in [-0.25, -0.2) is 0 Å². The molecule has 0 heterocycles. The van der Waals surface area contributed by atoms with Gasteiger partial charge in [0.2, 0.25) is 12.3 Å². The van der Waals surface area contributed by atoms with Crippen molar-refractivity contribution in [2.75, 3.05) is 7.05 Å². The van der Waals surface area contributed by atoms with E-state index in [0.29, 0.717) is 19.3 Å². The predicted molar refractivity (Wildman–Crippen MR) is 70.0 cm³/mol. The number of ketones is 1. The third-order valence-corrected chi connectivity index (χ3v) is 2.91. The second kappa shape index (κ2) is 8.66. The Kier molecular flexibility index (Phi) is 8.00. The lowest BCUT2D eigenvalue weighted by molar-refractivity contribution is -0.134. The summed E-state index contributed by atoms with van der Waals surface area (Å²) in [6.45, 7) is 5.38. The minimum Gasteiger partial charge on any atom is -0.345 e. The molecular formula is C13H24N2O3. The molecular weight excluding hydrogens is 232 g/mol. The van der Waals surface area contributed by atoms with Crippen molar-refractivity contribution >= 4 is 18.1 Å². The van der Waals surface area contributed by atoms with Crippen LogP contribution in [0.4, 0.5) is 0 Å². The summed E-state index contributed by atoms with van der Waals surface area (Å²) in [6, 6.07) is -0.937. The van der Waals surface area contributed by atoms with Crippen LogP contribution in [-0.2, 0) is 14.4 Å².